The molecule has 0 aromatic carbocycles. The third-order valence-corrected chi connectivity index (χ3v) is 4.66. The van der Waals surface area contributed by atoms with Gasteiger partial charge in [-0.05, 0) is 32.3 Å². The molecule has 2 aliphatic rings. The van der Waals surface area contributed by atoms with Crippen molar-refractivity contribution in [3.05, 3.63) is 17.5 Å². The van der Waals surface area contributed by atoms with Crippen LogP contribution in [0.4, 0.5) is 4.79 Å². The Hall–Kier alpha value is -2.51. The number of rotatable bonds is 3. The zero-order valence-electron chi connectivity index (χ0n) is 15.6. The number of likely N-dealkylation sites (N-methyl/N-ethyl adjacent to an activating group) is 2. The summed E-state index contributed by atoms with van der Waals surface area (Å²) in [6.45, 7) is 8.84. The highest BCUT2D eigenvalue weighted by Gasteiger charge is 2.52. The first-order chi connectivity index (χ1) is 11.7. The van der Waals surface area contributed by atoms with Crippen molar-refractivity contribution in [1.82, 2.24) is 19.6 Å². The molecule has 0 bridgehead atoms. The highest BCUT2D eigenvalue weighted by atomic mass is 16.2. The van der Waals surface area contributed by atoms with Crippen LogP contribution < -0.4 is 0 Å². The minimum absolute atomic E-state index is 0.248. The number of carbonyl (C=O) groups excluding carboxylic acids is 2. The lowest BCUT2D eigenvalue weighted by molar-refractivity contribution is -0.538. The predicted molar refractivity (Wildman–Crippen MR) is 93.8 cm³/mol. The van der Waals surface area contributed by atoms with Gasteiger partial charge in [0, 0.05) is 14.1 Å². The summed E-state index contributed by atoms with van der Waals surface area (Å²) in [5.41, 5.74) is 1.83. The minimum Gasteiger partial charge on any atom is -0.270 e. The third kappa shape index (κ3) is 2.75. The average Bonchev–Trinajstić information content (AvgIpc) is 3.08. The van der Waals surface area contributed by atoms with Crippen LogP contribution in [0.25, 0.3) is 0 Å². The van der Waals surface area contributed by atoms with E-state index in [1.165, 1.54) is 11.9 Å². The predicted octanol–water partition coefficient (Wildman–Crippen LogP) is 1.07. The molecule has 3 rings (SSSR count). The largest absolute Gasteiger partial charge is 0.421 e. The van der Waals surface area contributed by atoms with Crippen LogP contribution in [0.1, 0.15) is 31.7 Å². The molecule has 1 aromatic heterocycles. The molecule has 0 N–H and O–H groups in total. The highest BCUT2D eigenvalue weighted by molar-refractivity contribution is 6.22. The topological polar surface area (TPSA) is 73.8 Å². The Labute approximate surface area is 147 Å². The van der Waals surface area contributed by atoms with Crippen molar-refractivity contribution in [3.8, 4) is 0 Å². The molecule has 0 saturated carbocycles. The molecule has 1 fully saturated rings. The lowest BCUT2D eigenvalue weighted by Crippen LogP contribution is -2.61. The number of nitrogens with zero attached hydrogens (tertiary/aromatic N) is 6. The van der Waals surface area contributed by atoms with Gasteiger partial charge in [0.25, 0.3) is 5.91 Å². The van der Waals surface area contributed by atoms with E-state index < -0.39 is 6.04 Å². The summed E-state index contributed by atoms with van der Waals surface area (Å²) in [7, 11) is 3.17. The van der Waals surface area contributed by atoms with E-state index in [1.54, 1.807) is 11.7 Å². The van der Waals surface area contributed by atoms with E-state index in [1.807, 2.05) is 24.5 Å². The number of hydrogen-bond acceptors (Lipinski definition) is 4. The summed E-state index contributed by atoms with van der Waals surface area (Å²) >= 11 is 0. The third-order valence-electron chi connectivity index (χ3n) is 4.66. The lowest BCUT2D eigenvalue weighted by atomic mass is 10.1. The van der Waals surface area contributed by atoms with Crippen molar-refractivity contribution in [2.24, 2.45) is 10.9 Å². The fourth-order valence-corrected chi connectivity index (χ4v) is 3.21. The molecule has 0 spiro atoms. The van der Waals surface area contributed by atoms with Gasteiger partial charge in [0.15, 0.2) is 0 Å². The van der Waals surface area contributed by atoms with Crippen molar-refractivity contribution in [3.63, 3.8) is 0 Å². The fraction of sp³-hybridized carbons (Fsp3) is 0.588. The number of hydrogen-bond donors (Lipinski definition) is 0. The Morgan fingerprint density at radius 2 is 1.88 bits per heavy atom. The van der Waals surface area contributed by atoms with Crippen LogP contribution in [0.2, 0.25) is 0 Å². The summed E-state index contributed by atoms with van der Waals surface area (Å²) < 4.78 is 3.73. The molecule has 3 heterocycles. The van der Waals surface area contributed by atoms with Crippen molar-refractivity contribution < 1.29 is 14.2 Å². The van der Waals surface area contributed by atoms with E-state index in [4.69, 9.17) is 0 Å². The van der Waals surface area contributed by atoms with Gasteiger partial charge in [-0.1, -0.05) is 18.8 Å². The van der Waals surface area contributed by atoms with Gasteiger partial charge < -0.3 is 0 Å². The Kier molecular flexibility index (Phi) is 4.22. The maximum atomic E-state index is 12.8. The number of aryl methyl sites for hydroxylation is 2. The minimum atomic E-state index is -0.578. The van der Waals surface area contributed by atoms with Gasteiger partial charge in [-0.25, -0.2) is 9.37 Å². The number of aromatic nitrogens is 2. The number of amidine groups is 1. The second-order valence-corrected chi connectivity index (χ2v) is 7.13. The Bertz CT molecular complexity index is 804. The average molecular weight is 345 g/mol. The fourth-order valence-electron chi connectivity index (χ4n) is 3.21. The van der Waals surface area contributed by atoms with Gasteiger partial charge in [0.1, 0.15) is 5.69 Å². The first kappa shape index (κ1) is 17.3. The smallest absolute Gasteiger partial charge is 0.270 e. The van der Waals surface area contributed by atoms with E-state index in [0.29, 0.717) is 24.3 Å². The molecular formula is C17H25N6O2+. The maximum absolute atomic E-state index is 12.8. The molecule has 3 amide bonds. The summed E-state index contributed by atoms with van der Waals surface area (Å²) in [6, 6.07) is 1.03. The molecule has 8 nitrogen and oxygen atoms in total. The SMILES string of the molecule is Cc1cc(C)n(C2=[N+](CCC(C)C)C3C(=O)N(C)C(=O)N(C)C3=N2)n1. The number of imide groups is 1. The molecular weight excluding hydrogens is 320 g/mol. The zero-order chi connectivity index (χ0) is 18.5. The van der Waals surface area contributed by atoms with Crippen LogP contribution in [0.5, 0.6) is 0 Å². The van der Waals surface area contributed by atoms with Crippen LogP contribution in [-0.4, -0.2) is 74.6 Å². The van der Waals surface area contributed by atoms with Crippen molar-refractivity contribution in [2.75, 3.05) is 20.6 Å². The summed E-state index contributed by atoms with van der Waals surface area (Å²) in [5, 5.41) is 4.52. The maximum Gasteiger partial charge on any atom is 0.421 e. The second kappa shape index (κ2) is 6.09. The molecule has 134 valence electrons. The number of amides is 3. The molecule has 1 unspecified atom stereocenters. The van der Waals surface area contributed by atoms with Crippen molar-refractivity contribution in [1.29, 1.82) is 0 Å². The van der Waals surface area contributed by atoms with Gasteiger partial charge in [0.05, 0.1) is 12.2 Å². The first-order valence-corrected chi connectivity index (χ1v) is 8.53. The second-order valence-electron chi connectivity index (χ2n) is 7.13. The molecule has 1 aromatic rings. The Morgan fingerprint density at radius 1 is 1.20 bits per heavy atom. The molecule has 2 aliphatic heterocycles. The monoisotopic (exact) mass is 345 g/mol. The number of aliphatic imine (C=N–C) groups is 1. The van der Waals surface area contributed by atoms with E-state index >= 15 is 0 Å². The number of fused-ring (bicyclic) bond motifs is 1. The Morgan fingerprint density at radius 3 is 2.44 bits per heavy atom. The summed E-state index contributed by atoms with van der Waals surface area (Å²) in [5.74, 6) is 1.32. The van der Waals surface area contributed by atoms with Crippen LogP contribution in [0.15, 0.2) is 11.1 Å². The van der Waals surface area contributed by atoms with E-state index in [9.17, 15) is 9.59 Å². The van der Waals surface area contributed by atoms with Gasteiger partial charge in [-0.2, -0.15) is 0 Å². The Balaban J connectivity index is 2.13. The molecule has 8 heteroatoms. The van der Waals surface area contributed by atoms with E-state index in [2.05, 4.69) is 23.9 Å². The van der Waals surface area contributed by atoms with Gasteiger partial charge in [-0.15, -0.1) is 9.78 Å². The zero-order valence-corrected chi connectivity index (χ0v) is 15.6. The van der Waals surface area contributed by atoms with Crippen molar-refractivity contribution in [2.45, 2.75) is 40.2 Å². The summed E-state index contributed by atoms with van der Waals surface area (Å²) in [4.78, 5) is 32.3. The van der Waals surface area contributed by atoms with Gasteiger partial charge >= 0.3 is 12.0 Å². The van der Waals surface area contributed by atoms with Crippen LogP contribution in [-0.2, 0) is 4.79 Å². The molecule has 1 saturated heterocycles. The molecule has 1 atom stereocenters. The van der Waals surface area contributed by atoms with E-state index in [-0.39, 0.29) is 11.9 Å². The standard InChI is InChI=1S/C17H25N6O2/c1-10(2)7-8-22-13-14(20(5)17(25)21(6)15(13)24)18-16(22)23-12(4)9-11(3)19-23/h9-10,13H,7-8H2,1-6H3/q+1. The van der Waals surface area contributed by atoms with Crippen LogP contribution in [0.3, 0.4) is 0 Å². The van der Waals surface area contributed by atoms with Gasteiger partial charge in [-0.3, -0.25) is 14.6 Å². The lowest BCUT2D eigenvalue weighted by Gasteiger charge is -2.31. The van der Waals surface area contributed by atoms with Crippen LogP contribution >= 0.6 is 0 Å². The van der Waals surface area contributed by atoms with Gasteiger partial charge in [0.2, 0.25) is 11.9 Å². The highest BCUT2D eigenvalue weighted by Crippen LogP contribution is 2.21. The molecule has 25 heavy (non-hydrogen) atoms. The van der Waals surface area contributed by atoms with Crippen molar-refractivity contribution >= 4 is 23.7 Å². The molecule has 0 radical (unpaired) electrons. The van der Waals surface area contributed by atoms with E-state index in [0.717, 1.165) is 22.7 Å². The summed E-state index contributed by atoms with van der Waals surface area (Å²) in [6.07, 6.45) is 0.913. The van der Waals surface area contributed by atoms with Crippen LogP contribution in [0, 0.1) is 19.8 Å². The number of urea groups is 1. The first-order valence-electron chi connectivity index (χ1n) is 8.53. The normalized spacial score (nSPS) is 20.8. The quantitative estimate of drug-likeness (QED) is 0.769. The molecule has 0 aliphatic carbocycles. The number of carbonyl (C=O) groups is 2.